The largest absolute Gasteiger partial charge is 0.482 e. The van der Waals surface area contributed by atoms with E-state index in [9.17, 15) is 9.59 Å². The van der Waals surface area contributed by atoms with E-state index in [2.05, 4.69) is 9.47 Å². The van der Waals surface area contributed by atoms with Gasteiger partial charge in [-0.25, -0.2) is 9.59 Å². The van der Waals surface area contributed by atoms with Crippen molar-refractivity contribution in [3.05, 3.63) is 57.6 Å². The molecule has 2 aromatic rings. The molecular weight excluding hydrogens is 395 g/mol. The normalized spacial score (nSPS) is 10.2. The van der Waals surface area contributed by atoms with Gasteiger partial charge in [0.1, 0.15) is 11.5 Å². The molecule has 0 N–H and O–H groups in total. The van der Waals surface area contributed by atoms with Crippen LogP contribution in [0.2, 0.25) is 10.0 Å². The van der Waals surface area contributed by atoms with Crippen molar-refractivity contribution in [1.29, 1.82) is 0 Å². The summed E-state index contributed by atoms with van der Waals surface area (Å²) < 4.78 is 20.2. The number of rotatable bonds is 8. The van der Waals surface area contributed by atoms with E-state index in [1.54, 1.807) is 36.4 Å². The first-order chi connectivity index (χ1) is 12.9. The fourth-order valence-electron chi connectivity index (χ4n) is 2.25. The highest BCUT2D eigenvalue weighted by Gasteiger charge is 2.13. The summed E-state index contributed by atoms with van der Waals surface area (Å²) in [6.07, 6.45) is 0.355. The van der Waals surface area contributed by atoms with Crippen LogP contribution in [0.3, 0.4) is 0 Å². The van der Waals surface area contributed by atoms with E-state index in [4.69, 9.17) is 32.7 Å². The van der Waals surface area contributed by atoms with Crippen molar-refractivity contribution in [2.24, 2.45) is 0 Å². The maximum atomic E-state index is 11.3. The average Bonchev–Trinajstić information content (AvgIpc) is 2.66. The van der Waals surface area contributed by atoms with Crippen molar-refractivity contribution in [2.45, 2.75) is 6.42 Å². The molecule has 27 heavy (non-hydrogen) atoms. The number of methoxy groups -OCH3 is 2. The lowest BCUT2D eigenvalue weighted by Gasteiger charge is -2.14. The van der Waals surface area contributed by atoms with Crippen molar-refractivity contribution < 1.29 is 28.5 Å². The van der Waals surface area contributed by atoms with Gasteiger partial charge in [-0.05, 0) is 36.4 Å². The summed E-state index contributed by atoms with van der Waals surface area (Å²) >= 11 is 12.2. The van der Waals surface area contributed by atoms with E-state index in [0.717, 1.165) is 11.1 Å². The van der Waals surface area contributed by atoms with E-state index < -0.39 is 11.9 Å². The molecule has 0 heterocycles. The van der Waals surface area contributed by atoms with Crippen molar-refractivity contribution in [3.8, 4) is 11.5 Å². The van der Waals surface area contributed by atoms with Crippen LogP contribution >= 0.6 is 23.2 Å². The zero-order valence-corrected chi connectivity index (χ0v) is 16.3. The molecule has 0 saturated carbocycles. The van der Waals surface area contributed by atoms with Gasteiger partial charge >= 0.3 is 11.9 Å². The van der Waals surface area contributed by atoms with E-state index in [1.165, 1.54) is 14.2 Å². The van der Waals surface area contributed by atoms with Crippen LogP contribution in [-0.2, 0) is 25.5 Å². The second-order valence-electron chi connectivity index (χ2n) is 5.41. The Hall–Kier alpha value is -2.44. The first-order valence-electron chi connectivity index (χ1n) is 7.89. The molecule has 0 aromatic heterocycles. The molecule has 144 valence electrons. The summed E-state index contributed by atoms with van der Waals surface area (Å²) in [5.41, 5.74) is 1.44. The summed E-state index contributed by atoms with van der Waals surface area (Å²) in [6, 6.07) is 10.1. The molecule has 0 fully saturated rings. The Bertz CT molecular complexity index is 754. The van der Waals surface area contributed by atoms with E-state index in [1.807, 2.05) is 0 Å². The van der Waals surface area contributed by atoms with E-state index in [0.29, 0.717) is 28.0 Å². The Morgan fingerprint density at radius 1 is 0.778 bits per heavy atom. The lowest BCUT2D eigenvalue weighted by atomic mass is 10.0. The van der Waals surface area contributed by atoms with Crippen LogP contribution in [-0.4, -0.2) is 39.4 Å². The number of hydrogen-bond donors (Lipinski definition) is 0. The maximum absolute atomic E-state index is 11.3. The number of hydrogen-bond acceptors (Lipinski definition) is 6. The first kappa shape index (κ1) is 20.9. The van der Waals surface area contributed by atoms with Gasteiger partial charge in [-0.15, -0.1) is 0 Å². The molecule has 0 aliphatic rings. The summed E-state index contributed by atoms with van der Waals surface area (Å²) in [6.45, 7) is -0.460. The second-order valence-corrected chi connectivity index (χ2v) is 6.28. The monoisotopic (exact) mass is 412 g/mol. The Labute approximate surface area is 166 Å². The number of ether oxygens (including phenoxy) is 4. The van der Waals surface area contributed by atoms with Crippen molar-refractivity contribution in [2.75, 3.05) is 27.4 Å². The molecule has 0 radical (unpaired) electrons. The minimum Gasteiger partial charge on any atom is -0.482 e. The van der Waals surface area contributed by atoms with E-state index in [-0.39, 0.29) is 13.2 Å². The minimum atomic E-state index is -0.499. The number of carbonyl (C=O) groups is 2. The maximum Gasteiger partial charge on any atom is 0.343 e. The smallest absolute Gasteiger partial charge is 0.343 e. The fraction of sp³-hybridized carbons (Fsp3) is 0.263. The highest BCUT2D eigenvalue weighted by atomic mass is 35.5. The highest BCUT2D eigenvalue weighted by Crippen LogP contribution is 2.30. The van der Waals surface area contributed by atoms with Gasteiger partial charge in [0, 0.05) is 27.6 Å². The molecule has 0 atom stereocenters. The molecule has 8 heteroatoms. The van der Waals surface area contributed by atoms with Crippen LogP contribution in [0.25, 0.3) is 0 Å². The predicted molar refractivity (Wildman–Crippen MR) is 101 cm³/mol. The van der Waals surface area contributed by atoms with Gasteiger partial charge in [0.05, 0.1) is 14.2 Å². The van der Waals surface area contributed by atoms with Gasteiger partial charge < -0.3 is 18.9 Å². The Balaban J connectivity index is 2.27. The van der Waals surface area contributed by atoms with Crippen molar-refractivity contribution >= 4 is 35.1 Å². The van der Waals surface area contributed by atoms with E-state index >= 15 is 0 Å². The molecule has 2 rings (SSSR count). The number of carbonyl (C=O) groups excluding carboxylic acids is 2. The first-order valence-corrected chi connectivity index (χ1v) is 8.64. The van der Waals surface area contributed by atoms with Crippen molar-refractivity contribution in [3.63, 3.8) is 0 Å². The quantitative estimate of drug-likeness (QED) is 0.615. The summed E-state index contributed by atoms with van der Waals surface area (Å²) in [4.78, 5) is 22.7. The fourth-order valence-corrected chi connectivity index (χ4v) is 2.64. The summed E-state index contributed by atoms with van der Waals surface area (Å²) in [5.74, 6) is -0.0473. The molecule has 0 unspecified atom stereocenters. The Morgan fingerprint density at radius 2 is 1.19 bits per heavy atom. The number of halogens is 2. The molecule has 0 spiro atoms. The Kier molecular flexibility index (Phi) is 7.76. The molecule has 6 nitrogen and oxygen atoms in total. The van der Waals surface area contributed by atoms with Gasteiger partial charge in [-0.1, -0.05) is 23.2 Å². The van der Waals surface area contributed by atoms with Gasteiger partial charge in [0.2, 0.25) is 0 Å². The van der Waals surface area contributed by atoms with Crippen LogP contribution < -0.4 is 9.47 Å². The third kappa shape index (κ3) is 6.34. The van der Waals surface area contributed by atoms with Crippen LogP contribution in [0.4, 0.5) is 0 Å². The van der Waals surface area contributed by atoms with Crippen LogP contribution in [0.5, 0.6) is 11.5 Å². The number of esters is 2. The third-order valence-electron chi connectivity index (χ3n) is 3.57. The molecule has 0 saturated heterocycles. The van der Waals surface area contributed by atoms with Crippen LogP contribution in [0, 0.1) is 0 Å². The molecular formula is C19H18Cl2O6. The zero-order chi connectivity index (χ0) is 19.8. The average molecular weight is 413 g/mol. The van der Waals surface area contributed by atoms with Crippen LogP contribution in [0.15, 0.2) is 36.4 Å². The molecule has 0 amide bonds. The molecule has 0 aliphatic heterocycles. The molecule has 2 aromatic carbocycles. The SMILES string of the molecule is COC(=O)COc1ccc(Cl)cc1Cc1cc(Cl)ccc1OCC(=O)OC. The highest BCUT2D eigenvalue weighted by molar-refractivity contribution is 6.31. The minimum absolute atomic E-state index is 0.230. The van der Waals surface area contributed by atoms with Gasteiger partial charge in [-0.3, -0.25) is 0 Å². The lowest BCUT2D eigenvalue weighted by Crippen LogP contribution is -2.14. The van der Waals surface area contributed by atoms with Crippen LogP contribution in [0.1, 0.15) is 11.1 Å². The second kappa shape index (κ2) is 10.0. The number of benzene rings is 2. The van der Waals surface area contributed by atoms with Crippen molar-refractivity contribution in [1.82, 2.24) is 0 Å². The molecule has 0 bridgehead atoms. The van der Waals surface area contributed by atoms with Gasteiger partial charge in [-0.2, -0.15) is 0 Å². The zero-order valence-electron chi connectivity index (χ0n) is 14.8. The standard InChI is InChI=1S/C19H18Cl2O6/c1-24-18(22)10-26-16-5-3-14(20)8-12(16)7-13-9-15(21)4-6-17(13)27-11-19(23)25-2/h3-6,8-9H,7,10-11H2,1-2H3. The lowest BCUT2D eigenvalue weighted by molar-refractivity contribution is -0.143. The summed E-state index contributed by atoms with van der Waals surface area (Å²) in [7, 11) is 2.57. The molecule has 0 aliphatic carbocycles. The van der Waals surface area contributed by atoms with Gasteiger partial charge in [0.25, 0.3) is 0 Å². The Morgan fingerprint density at radius 3 is 1.56 bits per heavy atom. The predicted octanol–water partition coefficient (Wildman–Crippen LogP) is 3.69. The third-order valence-corrected chi connectivity index (χ3v) is 4.04. The summed E-state index contributed by atoms with van der Waals surface area (Å²) in [5, 5.41) is 1.02. The topological polar surface area (TPSA) is 71.1 Å². The van der Waals surface area contributed by atoms with Gasteiger partial charge in [0.15, 0.2) is 13.2 Å².